The van der Waals surface area contributed by atoms with Crippen molar-refractivity contribution in [2.24, 2.45) is 16.5 Å². The molecule has 5 unspecified atom stereocenters. The van der Waals surface area contributed by atoms with Crippen molar-refractivity contribution in [2.75, 3.05) is 13.2 Å². The van der Waals surface area contributed by atoms with Crippen molar-refractivity contribution < 1.29 is 39.2 Å². The Bertz CT molecular complexity index is 710. The molecule has 13 nitrogen and oxygen atoms in total. The molecule has 1 aliphatic heterocycles. The molecule has 0 aromatic rings. The van der Waals surface area contributed by atoms with Crippen molar-refractivity contribution in [2.45, 2.75) is 69.9 Å². The number of guanidine groups is 1. The van der Waals surface area contributed by atoms with Gasteiger partial charge >= 0.3 is 12.1 Å². The maximum atomic E-state index is 12.3. The van der Waals surface area contributed by atoms with Crippen LogP contribution in [0.1, 0.15) is 39.5 Å². The highest BCUT2D eigenvalue weighted by molar-refractivity contribution is 5.85. The van der Waals surface area contributed by atoms with Crippen LogP contribution in [-0.4, -0.2) is 82.8 Å². The third-order valence-corrected chi connectivity index (χ3v) is 4.62. The number of carboxylic acid groups (broad SMARTS) is 1. The molecular weight excluding hydrogens is 426 g/mol. The van der Waals surface area contributed by atoms with Gasteiger partial charge in [0.15, 0.2) is 18.2 Å². The second-order valence-electron chi connectivity index (χ2n) is 7.30. The summed E-state index contributed by atoms with van der Waals surface area (Å²) in [6.07, 6.45) is -0.837. The van der Waals surface area contributed by atoms with E-state index in [4.69, 9.17) is 20.9 Å². The van der Waals surface area contributed by atoms with Crippen LogP contribution in [0.5, 0.6) is 0 Å². The number of hydrogen-bond acceptors (Lipinski definition) is 8. The fraction of sp³-hybridized carbons (Fsp3) is 0.684. The molecule has 0 aromatic carbocycles. The molecule has 13 heteroatoms. The minimum atomic E-state index is -1.66. The number of aliphatic imine (C=N–C) groups is 1. The Morgan fingerprint density at radius 3 is 2.50 bits per heavy atom. The first-order chi connectivity index (χ1) is 15.1. The van der Waals surface area contributed by atoms with Gasteiger partial charge < -0.3 is 46.9 Å². The molecule has 32 heavy (non-hydrogen) atoms. The molecule has 0 spiro atoms. The summed E-state index contributed by atoms with van der Waals surface area (Å²) < 4.78 is 10.7. The van der Waals surface area contributed by atoms with E-state index in [-0.39, 0.29) is 0 Å². The van der Waals surface area contributed by atoms with Crippen LogP contribution in [-0.2, 0) is 19.1 Å². The first-order valence-corrected chi connectivity index (χ1v) is 10.3. The normalized spacial score (nSPS) is 21.9. The smallest absolute Gasteiger partial charge is 0.407 e. The first kappa shape index (κ1) is 27.0. The molecule has 5 atom stereocenters. The van der Waals surface area contributed by atoms with Gasteiger partial charge in [-0.15, -0.1) is 0 Å². The molecule has 0 saturated heterocycles. The Hall–Kier alpha value is -3.06. The van der Waals surface area contributed by atoms with Crippen LogP contribution in [0.15, 0.2) is 16.8 Å². The van der Waals surface area contributed by atoms with E-state index in [0.717, 1.165) is 25.3 Å². The Morgan fingerprint density at radius 1 is 1.28 bits per heavy atom. The molecule has 0 aliphatic carbocycles. The number of aliphatic hydroxyl groups excluding tert-OH is 2. The summed E-state index contributed by atoms with van der Waals surface area (Å²) in [4.78, 5) is 39.5. The summed E-state index contributed by atoms with van der Waals surface area (Å²) >= 11 is 0. The second-order valence-corrected chi connectivity index (χ2v) is 7.30. The van der Waals surface area contributed by atoms with Gasteiger partial charge in [-0.05, 0) is 12.5 Å². The number of amides is 2. The summed E-state index contributed by atoms with van der Waals surface area (Å²) in [5.41, 5.74) is 10.9. The molecule has 0 bridgehead atoms. The number of hydrogen-bond donors (Lipinski definition) is 7. The molecule has 2 amide bonds. The van der Waals surface area contributed by atoms with Crippen molar-refractivity contribution in [1.82, 2.24) is 10.6 Å². The van der Waals surface area contributed by atoms with E-state index >= 15 is 0 Å². The third-order valence-electron chi connectivity index (χ3n) is 4.62. The SMILES string of the molecule is CCCCCCNC(=O)OC(C(O)CO)C1OC(C(=O)O)=CC(N=C(N)N)C1NC(C)=O. The number of nitrogens with two attached hydrogens (primary N) is 2. The molecule has 1 rings (SSSR count). The molecule has 1 heterocycles. The average molecular weight is 460 g/mol. The van der Waals surface area contributed by atoms with E-state index in [0.29, 0.717) is 13.0 Å². The van der Waals surface area contributed by atoms with Crippen LogP contribution in [0.2, 0.25) is 0 Å². The zero-order chi connectivity index (χ0) is 24.3. The zero-order valence-electron chi connectivity index (χ0n) is 18.2. The lowest BCUT2D eigenvalue weighted by Crippen LogP contribution is -2.61. The predicted molar refractivity (Wildman–Crippen MR) is 113 cm³/mol. The van der Waals surface area contributed by atoms with E-state index in [2.05, 4.69) is 15.6 Å². The lowest BCUT2D eigenvalue weighted by Gasteiger charge is -2.39. The lowest BCUT2D eigenvalue weighted by atomic mass is 9.92. The molecule has 0 saturated carbocycles. The Kier molecular flexibility index (Phi) is 11.3. The van der Waals surface area contributed by atoms with E-state index < -0.39 is 66.7 Å². The van der Waals surface area contributed by atoms with Crippen LogP contribution in [0.4, 0.5) is 4.79 Å². The van der Waals surface area contributed by atoms with Gasteiger partial charge in [-0.3, -0.25) is 4.79 Å². The van der Waals surface area contributed by atoms with Gasteiger partial charge in [0, 0.05) is 13.5 Å². The fourth-order valence-electron chi connectivity index (χ4n) is 3.17. The van der Waals surface area contributed by atoms with Gasteiger partial charge in [0.1, 0.15) is 6.10 Å². The number of carbonyl (C=O) groups excluding carboxylic acids is 2. The number of carbonyl (C=O) groups is 3. The molecule has 0 fully saturated rings. The van der Waals surface area contributed by atoms with Crippen LogP contribution >= 0.6 is 0 Å². The van der Waals surface area contributed by atoms with Gasteiger partial charge in [-0.2, -0.15) is 0 Å². The van der Waals surface area contributed by atoms with Crippen molar-refractivity contribution in [3.8, 4) is 0 Å². The highest BCUT2D eigenvalue weighted by Crippen LogP contribution is 2.26. The number of unbranched alkanes of at least 4 members (excludes halogenated alkanes) is 3. The molecule has 9 N–H and O–H groups in total. The highest BCUT2D eigenvalue weighted by atomic mass is 16.6. The number of nitrogens with one attached hydrogen (secondary N) is 2. The third kappa shape index (κ3) is 8.59. The topological polar surface area (TPSA) is 219 Å². The lowest BCUT2D eigenvalue weighted by molar-refractivity contribution is -0.146. The Balaban J connectivity index is 3.18. The number of carboxylic acids is 1. The highest BCUT2D eigenvalue weighted by Gasteiger charge is 2.46. The van der Waals surface area contributed by atoms with E-state index in [1.807, 2.05) is 6.92 Å². The van der Waals surface area contributed by atoms with Gasteiger partial charge in [0.2, 0.25) is 11.7 Å². The van der Waals surface area contributed by atoms with Crippen molar-refractivity contribution in [1.29, 1.82) is 0 Å². The van der Waals surface area contributed by atoms with Crippen LogP contribution in [0.25, 0.3) is 0 Å². The summed E-state index contributed by atoms with van der Waals surface area (Å²) in [5, 5.41) is 34.2. The fourth-order valence-corrected chi connectivity index (χ4v) is 3.17. The maximum Gasteiger partial charge on any atom is 0.407 e. The van der Waals surface area contributed by atoms with Crippen LogP contribution < -0.4 is 22.1 Å². The Labute approximate surface area is 185 Å². The van der Waals surface area contributed by atoms with Gasteiger partial charge in [0.25, 0.3) is 0 Å². The number of alkyl carbamates (subject to hydrolysis) is 1. The molecule has 0 radical (unpaired) electrons. The van der Waals surface area contributed by atoms with Crippen LogP contribution in [0, 0.1) is 0 Å². The summed E-state index contributed by atoms with van der Waals surface area (Å²) in [6, 6.07) is -2.23. The monoisotopic (exact) mass is 459 g/mol. The quantitative estimate of drug-likeness (QED) is 0.102. The van der Waals surface area contributed by atoms with Crippen molar-refractivity contribution in [3.05, 3.63) is 11.8 Å². The van der Waals surface area contributed by atoms with Gasteiger partial charge in [-0.1, -0.05) is 26.2 Å². The van der Waals surface area contributed by atoms with Gasteiger partial charge in [0.05, 0.1) is 18.7 Å². The summed E-state index contributed by atoms with van der Waals surface area (Å²) in [5.74, 6) is -2.98. The maximum absolute atomic E-state index is 12.3. The largest absolute Gasteiger partial charge is 0.477 e. The number of aliphatic carboxylic acids is 1. The number of rotatable bonds is 12. The molecule has 0 aromatic heterocycles. The van der Waals surface area contributed by atoms with Crippen molar-refractivity contribution >= 4 is 23.9 Å². The van der Waals surface area contributed by atoms with Crippen molar-refractivity contribution in [3.63, 3.8) is 0 Å². The van der Waals surface area contributed by atoms with E-state index in [1.165, 1.54) is 6.92 Å². The molecule has 1 aliphatic rings. The first-order valence-electron chi connectivity index (χ1n) is 10.3. The molecular formula is C19H33N5O8. The van der Waals surface area contributed by atoms with Crippen LogP contribution in [0.3, 0.4) is 0 Å². The number of aliphatic hydroxyl groups is 2. The van der Waals surface area contributed by atoms with E-state index in [1.54, 1.807) is 0 Å². The Morgan fingerprint density at radius 2 is 1.97 bits per heavy atom. The second kappa shape index (κ2) is 13.4. The summed E-state index contributed by atoms with van der Waals surface area (Å²) in [6.45, 7) is 2.73. The minimum absolute atomic E-state index is 0.318. The number of nitrogens with zero attached hydrogens (tertiary/aromatic N) is 1. The summed E-state index contributed by atoms with van der Waals surface area (Å²) in [7, 11) is 0. The number of ether oxygens (including phenoxy) is 2. The standard InChI is InChI=1S/C19H33N5O8/c1-3-4-5-6-7-22-19(30)32-15(12(27)9-25)16-14(23-10(2)26)11(24-18(20)21)8-13(31-16)17(28)29/h8,11-12,14-16,25,27H,3-7,9H2,1-2H3,(H,22,30)(H,23,26)(H,28,29)(H4,20,21,24). The van der Waals surface area contributed by atoms with E-state index in [9.17, 15) is 29.7 Å². The average Bonchev–Trinajstić information content (AvgIpc) is 2.71. The predicted octanol–water partition coefficient (Wildman–Crippen LogP) is -1.47. The molecule has 182 valence electrons. The van der Waals surface area contributed by atoms with Gasteiger partial charge in [-0.25, -0.2) is 14.6 Å². The minimum Gasteiger partial charge on any atom is -0.477 e. The zero-order valence-corrected chi connectivity index (χ0v) is 18.2.